The molecule has 0 bridgehead atoms. The van der Waals surface area contributed by atoms with Crippen molar-refractivity contribution in [2.24, 2.45) is 0 Å². The topological polar surface area (TPSA) is 103 Å². The van der Waals surface area contributed by atoms with Crippen LogP contribution in [0.1, 0.15) is 18.9 Å². The molecule has 0 saturated heterocycles. The molecule has 180 valence electrons. The molecular weight excluding hydrogens is 456 g/mol. The highest BCUT2D eigenvalue weighted by atomic mass is 32.2. The average Bonchev–Trinajstić information content (AvgIpc) is 2.84. The lowest BCUT2D eigenvalue weighted by molar-refractivity contribution is -0.116. The fraction of sp³-hybridized carbons (Fsp3) is 0.240. The lowest BCUT2D eigenvalue weighted by atomic mass is 10.1. The van der Waals surface area contributed by atoms with Gasteiger partial charge in [0.05, 0.1) is 25.7 Å². The lowest BCUT2D eigenvalue weighted by Gasteiger charge is -2.11. The first-order valence-corrected chi connectivity index (χ1v) is 12.2. The monoisotopic (exact) mass is 484 g/mol. The largest absolute Gasteiger partial charge is 0.494 e. The Labute approximate surface area is 199 Å². The maximum atomic E-state index is 12.7. The highest BCUT2D eigenvalue weighted by molar-refractivity contribution is 7.92. The number of rotatable bonds is 11. The second-order valence-electron chi connectivity index (χ2n) is 7.32. The highest BCUT2D eigenvalue weighted by Crippen LogP contribution is 2.28. The summed E-state index contributed by atoms with van der Waals surface area (Å²) < 4.78 is 43.7. The quantitative estimate of drug-likeness (QED) is 0.416. The van der Waals surface area contributed by atoms with Crippen molar-refractivity contribution in [3.63, 3.8) is 0 Å². The van der Waals surface area contributed by atoms with Crippen LogP contribution in [0.2, 0.25) is 0 Å². The maximum absolute atomic E-state index is 12.7. The predicted octanol–water partition coefficient (Wildman–Crippen LogP) is 4.47. The smallest absolute Gasteiger partial charge is 0.261 e. The van der Waals surface area contributed by atoms with Gasteiger partial charge in [0.25, 0.3) is 10.0 Å². The van der Waals surface area contributed by atoms with Crippen LogP contribution >= 0.6 is 0 Å². The Bertz CT molecular complexity index is 1210. The van der Waals surface area contributed by atoms with Crippen LogP contribution in [0.5, 0.6) is 17.2 Å². The highest BCUT2D eigenvalue weighted by Gasteiger charge is 2.15. The van der Waals surface area contributed by atoms with Crippen LogP contribution in [0.3, 0.4) is 0 Å². The molecule has 0 aromatic heterocycles. The summed E-state index contributed by atoms with van der Waals surface area (Å²) in [6.45, 7) is 2.41. The molecule has 0 heterocycles. The molecule has 0 unspecified atom stereocenters. The molecule has 8 nitrogen and oxygen atoms in total. The lowest BCUT2D eigenvalue weighted by Crippen LogP contribution is -2.14. The number of carbonyl (C=O) groups is 1. The van der Waals surface area contributed by atoms with Gasteiger partial charge in [-0.15, -0.1) is 0 Å². The number of anilines is 2. The van der Waals surface area contributed by atoms with Crippen molar-refractivity contribution in [1.29, 1.82) is 0 Å². The third-order valence-corrected chi connectivity index (χ3v) is 6.35. The Balaban J connectivity index is 1.56. The Morgan fingerprint density at radius 3 is 2.12 bits per heavy atom. The molecule has 3 aromatic rings. The SMILES string of the molecule is CCOc1ccc(NS(=O)(=O)c2ccc(NC(=O)CCc3ccc(OC)c(OC)c3)cc2)cc1. The van der Waals surface area contributed by atoms with Crippen LogP contribution < -0.4 is 24.2 Å². The van der Waals surface area contributed by atoms with Crippen LogP contribution in [0, 0.1) is 0 Å². The van der Waals surface area contributed by atoms with Crippen LogP contribution in [0.15, 0.2) is 71.6 Å². The third kappa shape index (κ3) is 6.64. The molecule has 34 heavy (non-hydrogen) atoms. The van der Waals surface area contributed by atoms with Gasteiger partial charge >= 0.3 is 0 Å². The molecule has 0 aliphatic rings. The number of nitrogens with one attached hydrogen (secondary N) is 2. The van der Waals surface area contributed by atoms with E-state index in [0.717, 1.165) is 5.56 Å². The van der Waals surface area contributed by atoms with Gasteiger partial charge in [-0.05, 0) is 79.6 Å². The molecule has 3 aromatic carbocycles. The summed E-state index contributed by atoms with van der Waals surface area (Å²) in [7, 11) is -0.639. The normalized spacial score (nSPS) is 10.9. The van der Waals surface area contributed by atoms with Crippen molar-refractivity contribution in [1.82, 2.24) is 0 Å². The molecule has 1 amide bonds. The van der Waals surface area contributed by atoms with E-state index in [1.165, 1.54) is 12.1 Å². The van der Waals surface area contributed by atoms with Crippen molar-refractivity contribution < 1.29 is 27.4 Å². The van der Waals surface area contributed by atoms with E-state index in [9.17, 15) is 13.2 Å². The molecule has 0 atom stereocenters. The Kier molecular flexibility index (Phi) is 8.37. The van der Waals surface area contributed by atoms with Crippen LogP contribution in [-0.2, 0) is 21.2 Å². The second-order valence-corrected chi connectivity index (χ2v) is 9.01. The van der Waals surface area contributed by atoms with Gasteiger partial charge in [-0.1, -0.05) is 6.07 Å². The summed E-state index contributed by atoms with van der Waals surface area (Å²) >= 11 is 0. The number of aryl methyl sites for hydroxylation is 1. The van der Waals surface area contributed by atoms with Gasteiger partial charge in [0.1, 0.15) is 5.75 Å². The van der Waals surface area contributed by atoms with Gasteiger partial charge in [0.2, 0.25) is 5.91 Å². The zero-order valence-electron chi connectivity index (χ0n) is 19.3. The Morgan fingerprint density at radius 2 is 1.50 bits per heavy atom. The molecule has 9 heteroatoms. The van der Waals surface area contributed by atoms with Gasteiger partial charge < -0.3 is 19.5 Å². The van der Waals surface area contributed by atoms with Crippen molar-refractivity contribution in [2.45, 2.75) is 24.7 Å². The van der Waals surface area contributed by atoms with Crippen molar-refractivity contribution >= 4 is 27.3 Å². The van der Waals surface area contributed by atoms with E-state index in [4.69, 9.17) is 14.2 Å². The standard InChI is InChI=1S/C25H28N2O6S/c1-4-33-21-11-7-20(8-12-21)27-34(29,30)22-13-9-19(10-14-22)26-25(28)16-6-18-5-15-23(31-2)24(17-18)32-3/h5,7-15,17,27H,4,6,16H2,1-3H3,(H,26,28). The minimum atomic E-state index is -3.77. The fourth-order valence-corrected chi connectivity index (χ4v) is 4.29. The zero-order valence-corrected chi connectivity index (χ0v) is 20.1. The second kappa shape index (κ2) is 11.4. The minimum Gasteiger partial charge on any atom is -0.494 e. The van der Waals surface area contributed by atoms with E-state index in [1.807, 2.05) is 19.1 Å². The van der Waals surface area contributed by atoms with E-state index >= 15 is 0 Å². The molecule has 0 aliphatic heterocycles. The van der Waals surface area contributed by atoms with E-state index in [0.29, 0.717) is 41.7 Å². The summed E-state index contributed by atoms with van der Waals surface area (Å²) in [6, 6.07) is 18.2. The third-order valence-electron chi connectivity index (χ3n) is 4.95. The summed E-state index contributed by atoms with van der Waals surface area (Å²) in [5, 5.41) is 2.79. The number of hydrogen-bond acceptors (Lipinski definition) is 6. The summed E-state index contributed by atoms with van der Waals surface area (Å²) in [5.41, 5.74) is 1.88. The Morgan fingerprint density at radius 1 is 0.853 bits per heavy atom. The number of methoxy groups -OCH3 is 2. The molecular formula is C25H28N2O6S. The average molecular weight is 485 g/mol. The molecule has 3 rings (SSSR count). The number of amides is 1. The molecule has 2 N–H and O–H groups in total. The van der Waals surface area contributed by atoms with E-state index in [1.54, 1.807) is 56.7 Å². The van der Waals surface area contributed by atoms with Gasteiger partial charge in [-0.3, -0.25) is 9.52 Å². The van der Waals surface area contributed by atoms with Crippen LogP contribution in [0.25, 0.3) is 0 Å². The van der Waals surface area contributed by atoms with Gasteiger partial charge in [-0.25, -0.2) is 8.42 Å². The summed E-state index contributed by atoms with van der Waals surface area (Å²) in [4.78, 5) is 12.4. The first-order valence-electron chi connectivity index (χ1n) is 10.7. The van der Waals surface area contributed by atoms with Gasteiger partial charge in [0.15, 0.2) is 11.5 Å². The predicted molar refractivity (Wildman–Crippen MR) is 131 cm³/mol. The van der Waals surface area contributed by atoms with Crippen LogP contribution in [-0.4, -0.2) is 35.2 Å². The molecule has 0 saturated carbocycles. The van der Waals surface area contributed by atoms with E-state index in [-0.39, 0.29) is 17.2 Å². The molecule has 0 spiro atoms. The maximum Gasteiger partial charge on any atom is 0.261 e. The number of hydrogen-bond donors (Lipinski definition) is 2. The molecule has 0 fully saturated rings. The van der Waals surface area contributed by atoms with Gasteiger partial charge in [0, 0.05) is 17.8 Å². The van der Waals surface area contributed by atoms with Crippen LogP contribution in [0.4, 0.5) is 11.4 Å². The summed E-state index contributed by atoms with van der Waals surface area (Å²) in [6.07, 6.45) is 0.777. The van der Waals surface area contributed by atoms with E-state index in [2.05, 4.69) is 10.0 Å². The van der Waals surface area contributed by atoms with Crippen molar-refractivity contribution in [2.75, 3.05) is 30.9 Å². The number of benzene rings is 3. The first-order chi connectivity index (χ1) is 16.3. The molecule has 0 radical (unpaired) electrons. The minimum absolute atomic E-state index is 0.0877. The van der Waals surface area contributed by atoms with Gasteiger partial charge in [-0.2, -0.15) is 0 Å². The number of ether oxygens (including phenoxy) is 3. The zero-order chi connectivity index (χ0) is 24.6. The number of carbonyl (C=O) groups excluding carboxylic acids is 1. The van der Waals surface area contributed by atoms with E-state index < -0.39 is 10.0 Å². The Hall–Kier alpha value is -3.72. The summed E-state index contributed by atoms with van der Waals surface area (Å²) in [5.74, 6) is 1.72. The van der Waals surface area contributed by atoms with Crippen molar-refractivity contribution in [3.8, 4) is 17.2 Å². The fourth-order valence-electron chi connectivity index (χ4n) is 3.23. The first kappa shape index (κ1) is 24.9. The van der Waals surface area contributed by atoms with Crippen molar-refractivity contribution in [3.05, 3.63) is 72.3 Å². The molecule has 0 aliphatic carbocycles. The number of sulfonamides is 1.